The number of carbonyl (C=O) groups is 1. The van der Waals surface area contributed by atoms with Gasteiger partial charge in [0, 0.05) is 32.0 Å². The number of aliphatic carboxylic acids is 1. The van der Waals surface area contributed by atoms with E-state index >= 15 is 0 Å². The fraction of sp³-hybridized carbons (Fsp3) is 0.636. The first kappa shape index (κ1) is 14.9. The molecule has 20 heavy (non-hydrogen) atoms. The third-order valence-corrected chi connectivity index (χ3v) is 4.88. The Bertz CT molecular complexity index is 543. The Morgan fingerprint density at radius 1 is 1.45 bits per heavy atom. The van der Waals surface area contributed by atoms with Gasteiger partial charge in [0.1, 0.15) is 6.04 Å². The summed E-state index contributed by atoms with van der Waals surface area (Å²) in [6.07, 6.45) is 6.71. The van der Waals surface area contributed by atoms with Crippen LogP contribution in [0.25, 0.3) is 0 Å². The largest absolute Gasteiger partial charge is 0.480 e. The highest BCUT2D eigenvalue weighted by atomic mass is 32.2. The van der Waals surface area contributed by atoms with Crippen LogP contribution in [0.1, 0.15) is 19.3 Å². The summed E-state index contributed by atoms with van der Waals surface area (Å²) in [7, 11) is -3.76. The van der Waals surface area contributed by atoms with Gasteiger partial charge in [-0.05, 0) is 19.3 Å². The predicted molar refractivity (Wildman–Crippen MR) is 71.1 cm³/mol. The number of nitrogens with one attached hydrogen (secondary N) is 1. The Morgan fingerprint density at radius 3 is 2.90 bits per heavy atom. The molecule has 0 aliphatic carbocycles. The van der Waals surface area contributed by atoms with Gasteiger partial charge in [-0.1, -0.05) is 0 Å². The number of hydrogen-bond donors (Lipinski definition) is 2. The molecule has 2 rings (SSSR count). The quantitative estimate of drug-likeness (QED) is 0.748. The zero-order chi connectivity index (χ0) is 14.6. The van der Waals surface area contributed by atoms with Crippen molar-refractivity contribution < 1.29 is 18.3 Å². The minimum atomic E-state index is -3.76. The van der Waals surface area contributed by atoms with Crippen LogP contribution < -0.4 is 4.72 Å². The molecule has 0 saturated carbocycles. The lowest BCUT2D eigenvalue weighted by Crippen LogP contribution is -2.52. The second-order valence-electron chi connectivity index (χ2n) is 4.66. The number of piperidine rings is 1. The number of carboxylic acid groups (broad SMARTS) is 1. The molecule has 0 bridgehead atoms. The molecule has 0 aromatic carbocycles. The van der Waals surface area contributed by atoms with Crippen molar-refractivity contribution in [2.45, 2.75) is 31.8 Å². The van der Waals surface area contributed by atoms with E-state index in [0.29, 0.717) is 19.4 Å². The van der Waals surface area contributed by atoms with Crippen LogP contribution in [0.4, 0.5) is 0 Å². The lowest BCUT2D eigenvalue weighted by molar-refractivity contribution is -0.142. The number of aromatic nitrogens is 2. The molecular weight excluding hydrogens is 284 g/mol. The lowest BCUT2D eigenvalue weighted by atomic mass is 10.1. The van der Waals surface area contributed by atoms with Crippen LogP contribution >= 0.6 is 0 Å². The molecule has 112 valence electrons. The smallest absolute Gasteiger partial charge is 0.322 e. The van der Waals surface area contributed by atoms with Gasteiger partial charge in [0.25, 0.3) is 10.2 Å². The Hall–Kier alpha value is -1.45. The van der Waals surface area contributed by atoms with Crippen LogP contribution in [-0.4, -0.2) is 52.5 Å². The van der Waals surface area contributed by atoms with Crippen LogP contribution in [0.3, 0.4) is 0 Å². The van der Waals surface area contributed by atoms with Gasteiger partial charge in [0.15, 0.2) is 0 Å². The SMILES string of the molecule is O=C(O)C1CCCCN1S(=O)(=O)NCCn1ccnc1. The molecule has 1 aliphatic heterocycles. The Kier molecular flexibility index (Phi) is 4.73. The first-order chi connectivity index (χ1) is 9.50. The Morgan fingerprint density at radius 2 is 2.25 bits per heavy atom. The fourth-order valence-electron chi connectivity index (χ4n) is 2.25. The first-order valence-corrected chi connectivity index (χ1v) is 7.90. The van der Waals surface area contributed by atoms with Crippen molar-refractivity contribution in [3.63, 3.8) is 0 Å². The molecule has 1 saturated heterocycles. The van der Waals surface area contributed by atoms with E-state index < -0.39 is 22.2 Å². The maximum Gasteiger partial charge on any atom is 0.322 e. The maximum absolute atomic E-state index is 12.2. The summed E-state index contributed by atoms with van der Waals surface area (Å²) in [6, 6.07) is -0.963. The minimum Gasteiger partial charge on any atom is -0.480 e. The summed E-state index contributed by atoms with van der Waals surface area (Å²) in [5.41, 5.74) is 0. The van der Waals surface area contributed by atoms with Crippen molar-refractivity contribution in [1.29, 1.82) is 0 Å². The van der Waals surface area contributed by atoms with E-state index in [0.717, 1.165) is 10.7 Å². The number of rotatable bonds is 6. The Balaban J connectivity index is 1.95. The molecule has 0 spiro atoms. The lowest BCUT2D eigenvalue weighted by Gasteiger charge is -2.31. The molecule has 1 fully saturated rings. The van der Waals surface area contributed by atoms with Crippen molar-refractivity contribution in [1.82, 2.24) is 18.6 Å². The summed E-state index contributed by atoms with van der Waals surface area (Å²) in [5, 5.41) is 9.10. The number of hydrogen-bond acceptors (Lipinski definition) is 4. The average molecular weight is 302 g/mol. The van der Waals surface area contributed by atoms with E-state index in [1.54, 1.807) is 23.3 Å². The molecular formula is C11H18N4O4S. The second-order valence-corrected chi connectivity index (χ2v) is 6.37. The van der Waals surface area contributed by atoms with Crippen LogP contribution in [0.15, 0.2) is 18.7 Å². The van der Waals surface area contributed by atoms with Gasteiger partial charge in [-0.3, -0.25) is 4.79 Å². The van der Waals surface area contributed by atoms with E-state index in [4.69, 9.17) is 5.11 Å². The molecule has 1 atom stereocenters. The molecule has 1 aromatic heterocycles. The van der Waals surface area contributed by atoms with Crippen LogP contribution in [0.5, 0.6) is 0 Å². The van der Waals surface area contributed by atoms with Crippen LogP contribution in [0.2, 0.25) is 0 Å². The summed E-state index contributed by atoms with van der Waals surface area (Å²) in [5.74, 6) is -1.09. The van der Waals surface area contributed by atoms with Crippen molar-refractivity contribution in [2.75, 3.05) is 13.1 Å². The van der Waals surface area contributed by atoms with E-state index in [1.807, 2.05) is 0 Å². The molecule has 2 N–H and O–H groups in total. The molecule has 1 aromatic rings. The summed E-state index contributed by atoms with van der Waals surface area (Å²) >= 11 is 0. The number of imidazole rings is 1. The van der Waals surface area contributed by atoms with Gasteiger partial charge in [-0.25, -0.2) is 9.71 Å². The van der Waals surface area contributed by atoms with Crippen molar-refractivity contribution in [3.05, 3.63) is 18.7 Å². The zero-order valence-electron chi connectivity index (χ0n) is 11.0. The Labute approximate surface area is 117 Å². The highest BCUT2D eigenvalue weighted by Gasteiger charge is 2.36. The average Bonchev–Trinajstić information content (AvgIpc) is 2.91. The highest BCUT2D eigenvalue weighted by molar-refractivity contribution is 7.87. The minimum absolute atomic E-state index is 0.196. The molecule has 0 radical (unpaired) electrons. The normalized spacial score (nSPS) is 20.9. The number of nitrogens with zero attached hydrogens (tertiary/aromatic N) is 3. The summed E-state index contributed by atoms with van der Waals surface area (Å²) in [4.78, 5) is 15.0. The summed E-state index contributed by atoms with van der Waals surface area (Å²) < 4.78 is 29.5. The topological polar surface area (TPSA) is 105 Å². The molecule has 1 unspecified atom stereocenters. The fourth-order valence-corrected chi connectivity index (χ4v) is 3.66. The predicted octanol–water partition coefficient (Wildman–Crippen LogP) is -0.343. The van der Waals surface area contributed by atoms with Gasteiger partial charge < -0.3 is 9.67 Å². The monoisotopic (exact) mass is 302 g/mol. The third kappa shape index (κ3) is 3.56. The molecule has 2 heterocycles. The second kappa shape index (κ2) is 6.33. The zero-order valence-corrected chi connectivity index (χ0v) is 11.8. The van der Waals surface area contributed by atoms with Crippen LogP contribution in [0, 0.1) is 0 Å². The first-order valence-electron chi connectivity index (χ1n) is 6.46. The van der Waals surface area contributed by atoms with Gasteiger partial charge in [0.05, 0.1) is 6.33 Å². The molecule has 1 aliphatic rings. The molecule has 9 heteroatoms. The van der Waals surface area contributed by atoms with E-state index in [2.05, 4.69) is 9.71 Å². The van der Waals surface area contributed by atoms with Gasteiger partial charge >= 0.3 is 5.97 Å². The molecule has 8 nitrogen and oxygen atoms in total. The van der Waals surface area contributed by atoms with Gasteiger partial charge in [0.2, 0.25) is 0 Å². The van der Waals surface area contributed by atoms with E-state index in [1.165, 1.54) is 0 Å². The van der Waals surface area contributed by atoms with Crippen LogP contribution in [-0.2, 0) is 21.5 Å². The van der Waals surface area contributed by atoms with Crippen molar-refractivity contribution in [2.24, 2.45) is 0 Å². The van der Waals surface area contributed by atoms with Gasteiger partial charge in [-0.15, -0.1) is 0 Å². The standard InChI is InChI=1S/C11H18N4O4S/c16-11(17)10-3-1-2-6-15(10)20(18,19)13-5-8-14-7-4-12-9-14/h4,7,9-10,13H,1-3,5-6,8H2,(H,16,17). The number of carboxylic acids is 1. The third-order valence-electron chi connectivity index (χ3n) is 3.26. The molecule has 0 amide bonds. The summed E-state index contributed by atoms with van der Waals surface area (Å²) in [6.45, 7) is 0.893. The van der Waals surface area contributed by atoms with Crippen molar-refractivity contribution in [3.8, 4) is 0 Å². The van der Waals surface area contributed by atoms with Gasteiger partial charge in [-0.2, -0.15) is 12.7 Å². The van der Waals surface area contributed by atoms with Crippen molar-refractivity contribution >= 4 is 16.2 Å². The van der Waals surface area contributed by atoms with E-state index in [9.17, 15) is 13.2 Å². The van der Waals surface area contributed by atoms with E-state index in [-0.39, 0.29) is 13.1 Å². The highest BCUT2D eigenvalue weighted by Crippen LogP contribution is 2.19. The maximum atomic E-state index is 12.2.